The normalized spacial score (nSPS) is 13.1. The Balaban J connectivity index is 1.70. The zero-order chi connectivity index (χ0) is 24.5. The summed E-state index contributed by atoms with van der Waals surface area (Å²) in [7, 11) is 0. The van der Waals surface area contributed by atoms with Crippen LogP contribution in [0.25, 0.3) is 11.4 Å². The lowest BCUT2D eigenvalue weighted by Crippen LogP contribution is -2.26. The largest absolute Gasteiger partial charge is 0.458 e. The first-order valence-electron chi connectivity index (χ1n) is 13.8. The number of nitrogens with zero attached hydrogens (tertiary/aromatic N) is 2. The number of unbranched alkanes of at least 4 members (excludes halogenated alkanes) is 12. The molecule has 1 unspecified atom stereocenters. The predicted octanol–water partition coefficient (Wildman–Crippen LogP) is 9.64. The fraction of sp³-hybridized carbons (Fsp3) is 0.667. The van der Waals surface area contributed by atoms with Crippen LogP contribution in [-0.2, 0) is 6.42 Å². The summed E-state index contributed by atoms with van der Waals surface area (Å²) in [4.78, 5) is 9.10. The second-order valence-electron chi connectivity index (χ2n) is 9.89. The maximum atomic E-state index is 14.7. The van der Waals surface area contributed by atoms with Crippen LogP contribution in [0.3, 0.4) is 0 Å². The van der Waals surface area contributed by atoms with Gasteiger partial charge in [0.25, 0.3) is 0 Å². The second-order valence-corrected chi connectivity index (χ2v) is 9.89. The van der Waals surface area contributed by atoms with Gasteiger partial charge in [-0.3, -0.25) is 0 Å². The van der Waals surface area contributed by atoms with Crippen LogP contribution in [-0.4, -0.2) is 15.8 Å². The van der Waals surface area contributed by atoms with Gasteiger partial charge >= 0.3 is 0 Å². The molecule has 0 aliphatic heterocycles. The molecule has 2 aromatic rings. The van der Waals surface area contributed by atoms with E-state index in [2.05, 4.69) is 23.8 Å². The molecule has 190 valence electrons. The molecule has 1 heterocycles. The van der Waals surface area contributed by atoms with Crippen molar-refractivity contribution in [1.82, 2.24) is 9.97 Å². The summed E-state index contributed by atoms with van der Waals surface area (Å²) >= 11 is 0. The Morgan fingerprint density at radius 1 is 0.706 bits per heavy atom. The Kier molecular flexibility index (Phi) is 13.8. The predicted molar refractivity (Wildman–Crippen MR) is 142 cm³/mol. The summed E-state index contributed by atoms with van der Waals surface area (Å²) in [6, 6.07) is 7.43. The van der Waals surface area contributed by atoms with Gasteiger partial charge in [0.05, 0.1) is 0 Å². The minimum absolute atomic E-state index is 0.419. The Hall–Kier alpha value is -1.97. The molecule has 2 rings (SSSR count). The third-order valence-electron chi connectivity index (χ3n) is 6.44. The van der Waals surface area contributed by atoms with E-state index < -0.39 is 5.85 Å². The zero-order valence-corrected chi connectivity index (χ0v) is 22.0. The van der Waals surface area contributed by atoms with Gasteiger partial charge in [-0.05, 0) is 49.1 Å². The topological polar surface area (TPSA) is 35.0 Å². The highest BCUT2D eigenvalue weighted by Gasteiger charge is 2.24. The van der Waals surface area contributed by atoms with E-state index in [0.29, 0.717) is 18.0 Å². The number of aryl methyl sites for hydroxylation is 1. The van der Waals surface area contributed by atoms with Crippen LogP contribution in [0.2, 0.25) is 0 Å². The molecule has 1 aromatic carbocycles. The van der Waals surface area contributed by atoms with Crippen LogP contribution < -0.4 is 4.74 Å². The quantitative estimate of drug-likeness (QED) is 0.192. The highest BCUT2D eigenvalue weighted by atomic mass is 19.2. The molecule has 1 atom stereocenters. The van der Waals surface area contributed by atoms with E-state index in [4.69, 9.17) is 4.74 Å². The van der Waals surface area contributed by atoms with Crippen molar-refractivity contribution in [2.45, 2.75) is 129 Å². The van der Waals surface area contributed by atoms with E-state index in [1.807, 2.05) is 36.7 Å². The molecular weight excluding hydrogens is 423 g/mol. The van der Waals surface area contributed by atoms with Gasteiger partial charge < -0.3 is 4.74 Å². The lowest BCUT2D eigenvalue weighted by atomic mass is 10.1. The summed E-state index contributed by atoms with van der Waals surface area (Å²) in [5.41, 5.74) is 2.11. The molecule has 0 aliphatic carbocycles. The van der Waals surface area contributed by atoms with Gasteiger partial charge in [0, 0.05) is 31.3 Å². The van der Waals surface area contributed by atoms with E-state index >= 15 is 0 Å². The Bertz CT molecular complexity index is 758. The molecular formula is C30H47FN2O. The molecule has 0 amide bonds. The molecule has 0 spiro atoms. The molecule has 0 saturated heterocycles. The summed E-state index contributed by atoms with van der Waals surface area (Å²) in [5, 5.41) is 0. The highest BCUT2D eigenvalue weighted by molar-refractivity contribution is 5.55. The van der Waals surface area contributed by atoms with Crippen molar-refractivity contribution in [3.8, 4) is 17.1 Å². The number of ether oxygens (including phenoxy) is 1. The molecule has 4 heteroatoms. The van der Waals surface area contributed by atoms with Crippen LogP contribution in [0.5, 0.6) is 5.75 Å². The highest BCUT2D eigenvalue weighted by Crippen LogP contribution is 2.27. The first kappa shape index (κ1) is 28.3. The van der Waals surface area contributed by atoms with Crippen LogP contribution in [0.15, 0.2) is 36.7 Å². The Morgan fingerprint density at radius 3 is 1.76 bits per heavy atom. The van der Waals surface area contributed by atoms with Crippen LogP contribution in [0.1, 0.15) is 123 Å². The summed E-state index contributed by atoms with van der Waals surface area (Å²) < 4.78 is 20.3. The standard InChI is InChI=1S/C30H47FN2O/c1-4-6-8-10-11-12-13-14-16-18-26-24-32-29(33-25-26)27-19-21-28(22-20-27)34-30(3,31)23-17-15-9-7-5-2/h19-22,24-25H,4-18,23H2,1-3H3. The second kappa shape index (κ2) is 16.6. The maximum absolute atomic E-state index is 14.7. The van der Waals surface area contributed by atoms with Crippen molar-refractivity contribution in [2.75, 3.05) is 0 Å². The van der Waals surface area contributed by atoms with E-state index in [1.165, 1.54) is 89.5 Å². The number of rotatable bonds is 19. The van der Waals surface area contributed by atoms with Crippen molar-refractivity contribution in [3.63, 3.8) is 0 Å². The van der Waals surface area contributed by atoms with E-state index in [-0.39, 0.29) is 0 Å². The smallest absolute Gasteiger partial charge is 0.245 e. The summed E-state index contributed by atoms with van der Waals surface area (Å²) in [6.45, 7) is 5.97. The van der Waals surface area contributed by atoms with Gasteiger partial charge in [0.2, 0.25) is 5.85 Å². The summed E-state index contributed by atoms with van der Waals surface area (Å²) in [6.07, 6.45) is 22.9. The monoisotopic (exact) mass is 470 g/mol. The third-order valence-corrected chi connectivity index (χ3v) is 6.44. The van der Waals surface area contributed by atoms with Gasteiger partial charge in [0.15, 0.2) is 5.82 Å². The molecule has 1 aromatic heterocycles. The van der Waals surface area contributed by atoms with Gasteiger partial charge in [-0.15, -0.1) is 0 Å². The number of halogens is 1. The third kappa shape index (κ3) is 11.9. The Labute approximate surface area is 208 Å². The number of benzene rings is 1. The minimum atomic E-state index is -1.64. The van der Waals surface area contributed by atoms with Crippen molar-refractivity contribution >= 4 is 0 Å². The average molecular weight is 471 g/mol. The van der Waals surface area contributed by atoms with E-state index in [0.717, 1.165) is 24.8 Å². The molecule has 0 N–H and O–H groups in total. The molecule has 0 radical (unpaired) electrons. The van der Waals surface area contributed by atoms with Crippen molar-refractivity contribution in [3.05, 3.63) is 42.2 Å². The number of hydrogen-bond donors (Lipinski definition) is 0. The number of aromatic nitrogens is 2. The number of alkyl halides is 1. The molecule has 3 nitrogen and oxygen atoms in total. The van der Waals surface area contributed by atoms with E-state index in [9.17, 15) is 4.39 Å². The fourth-order valence-corrected chi connectivity index (χ4v) is 4.29. The maximum Gasteiger partial charge on any atom is 0.245 e. The van der Waals surface area contributed by atoms with Gasteiger partial charge in [0.1, 0.15) is 5.75 Å². The van der Waals surface area contributed by atoms with Crippen LogP contribution in [0, 0.1) is 0 Å². The molecule has 34 heavy (non-hydrogen) atoms. The SMILES string of the molecule is CCCCCCCCCCCc1cnc(-c2ccc(OC(C)(F)CCCCCCC)cc2)nc1. The lowest BCUT2D eigenvalue weighted by molar-refractivity contribution is -0.0530. The van der Waals surface area contributed by atoms with Crippen LogP contribution in [0.4, 0.5) is 4.39 Å². The summed E-state index contributed by atoms with van der Waals surface area (Å²) in [5.74, 6) is -0.397. The Morgan fingerprint density at radius 2 is 1.21 bits per heavy atom. The first-order valence-corrected chi connectivity index (χ1v) is 13.8. The van der Waals surface area contributed by atoms with Gasteiger partial charge in [-0.25, -0.2) is 9.97 Å². The average Bonchev–Trinajstić information content (AvgIpc) is 2.83. The van der Waals surface area contributed by atoms with Gasteiger partial charge in [-0.2, -0.15) is 4.39 Å². The zero-order valence-electron chi connectivity index (χ0n) is 22.0. The van der Waals surface area contributed by atoms with Crippen molar-refractivity contribution in [2.24, 2.45) is 0 Å². The van der Waals surface area contributed by atoms with E-state index in [1.54, 1.807) is 0 Å². The van der Waals surface area contributed by atoms with Gasteiger partial charge in [-0.1, -0.05) is 90.9 Å². The first-order chi connectivity index (χ1) is 16.5. The molecule has 0 fully saturated rings. The lowest BCUT2D eigenvalue weighted by Gasteiger charge is -2.22. The van der Waals surface area contributed by atoms with Crippen molar-refractivity contribution < 1.29 is 9.13 Å². The number of hydrogen-bond acceptors (Lipinski definition) is 3. The molecule has 0 bridgehead atoms. The molecule has 0 saturated carbocycles. The van der Waals surface area contributed by atoms with Crippen molar-refractivity contribution in [1.29, 1.82) is 0 Å². The molecule has 0 aliphatic rings. The minimum Gasteiger partial charge on any atom is -0.458 e. The van der Waals surface area contributed by atoms with Crippen LogP contribution >= 0.6 is 0 Å². The fourth-order valence-electron chi connectivity index (χ4n) is 4.29.